The molecule has 2 aromatic rings. The quantitative estimate of drug-likeness (QED) is 0.884. The maximum Gasteiger partial charge on any atom is 0.335 e. The molecule has 0 aromatic heterocycles. The molecule has 0 bridgehead atoms. The lowest BCUT2D eigenvalue weighted by atomic mass is 10.1. The summed E-state index contributed by atoms with van der Waals surface area (Å²) in [4.78, 5) is 13.0. The van der Waals surface area contributed by atoms with Crippen LogP contribution in [0.5, 0.6) is 0 Å². The summed E-state index contributed by atoms with van der Waals surface area (Å²) in [6.07, 6.45) is 0. The molecule has 0 fully saturated rings. The van der Waals surface area contributed by atoms with Crippen LogP contribution in [0.1, 0.15) is 21.5 Å². The number of carbonyl (C=O) groups is 1. The molecule has 4 nitrogen and oxygen atoms in total. The van der Waals surface area contributed by atoms with Crippen LogP contribution in [0, 0.1) is 6.92 Å². The van der Waals surface area contributed by atoms with Crippen LogP contribution in [0.15, 0.2) is 42.5 Å². The average molecular weight is 284 g/mol. The summed E-state index contributed by atoms with van der Waals surface area (Å²) in [5.74, 6) is -0.901. The summed E-state index contributed by atoms with van der Waals surface area (Å²) < 4.78 is 0. The molecule has 0 saturated heterocycles. The average Bonchev–Trinajstić information content (AvgIpc) is 2.46. The number of carboxylic acids is 1. The lowest BCUT2D eigenvalue weighted by molar-refractivity contribution is 0.0697. The van der Waals surface area contributed by atoms with E-state index in [9.17, 15) is 4.79 Å². The highest BCUT2D eigenvalue weighted by atomic mass is 16.4. The van der Waals surface area contributed by atoms with E-state index in [-0.39, 0.29) is 0 Å². The molecule has 0 radical (unpaired) electrons. The molecule has 0 atom stereocenters. The third-order valence-corrected chi connectivity index (χ3v) is 3.36. The van der Waals surface area contributed by atoms with Gasteiger partial charge in [0.2, 0.25) is 0 Å². The van der Waals surface area contributed by atoms with Crippen LogP contribution < -0.4 is 10.2 Å². The van der Waals surface area contributed by atoms with Gasteiger partial charge in [-0.05, 0) is 42.3 Å². The second-order valence-corrected chi connectivity index (χ2v) is 5.25. The first kappa shape index (κ1) is 14.9. The minimum Gasteiger partial charge on any atom is -0.478 e. The number of hydrogen-bond acceptors (Lipinski definition) is 3. The van der Waals surface area contributed by atoms with Crippen molar-refractivity contribution in [2.45, 2.75) is 13.5 Å². The number of nitrogens with one attached hydrogen (secondary N) is 1. The highest BCUT2D eigenvalue weighted by Crippen LogP contribution is 2.23. The molecule has 4 heteroatoms. The number of aromatic carboxylic acids is 1. The van der Waals surface area contributed by atoms with E-state index in [0.717, 1.165) is 11.3 Å². The molecule has 2 rings (SSSR count). The summed E-state index contributed by atoms with van der Waals surface area (Å²) in [7, 11) is 4.03. The zero-order valence-electron chi connectivity index (χ0n) is 12.6. The first-order valence-corrected chi connectivity index (χ1v) is 6.81. The number of rotatable bonds is 5. The van der Waals surface area contributed by atoms with Crippen LogP contribution >= 0.6 is 0 Å². The number of hydrogen-bond donors (Lipinski definition) is 2. The van der Waals surface area contributed by atoms with E-state index in [2.05, 4.69) is 29.3 Å². The van der Waals surface area contributed by atoms with Gasteiger partial charge in [0.25, 0.3) is 0 Å². The second kappa shape index (κ2) is 6.31. The molecule has 0 saturated carbocycles. The smallest absolute Gasteiger partial charge is 0.335 e. The largest absolute Gasteiger partial charge is 0.478 e. The summed E-state index contributed by atoms with van der Waals surface area (Å²) in [6, 6.07) is 13.2. The van der Waals surface area contributed by atoms with Crippen molar-refractivity contribution in [3.63, 3.8) is 0 Å². The van der Waals surface area contributed by atoms with Crippen LogP contribution in [0.25, 0.3) is 0 Å². The molecular formula is C17H20N2O2. The third kappa shape index (κ3) is 3.75. The Labute approximate surface area is 125 Å². The van der Waals surface area contributed by atoms with Crippen molar-refractivity contribution in [3.8, 4) is 0 Å². The first-order valence-electron chi connectivity index (χ1n) is 6.81. The van der Waals surface area contributed by atoms with Crippen molar-refractivity contribution >= 4 is 17.3 Å². The van der Waals surface area contributed by atoms with E-state index in [1.807, 2.05) is 26.2 Å². The lowest BCUT2D eigenvalue weighted by Crippen LogP contribution is -2.11. The Morgan fingerprint density at radius 2 is 1.95 bits per heavy atom. The van der Waals surface area contributed by atoms with E-state index in [4.69, 9.17) is 5.11 Å². The molecule has 110 valence electrons. The fraction of sp³-hybridized carbons (Fsp3) is 0.235. The summed E-state index contributed by atoms with van der Waals surface area (Å²) in [5.41, 5.74) is 4.66. The molecule has 0 aliphatic heterocycles. The fourth-order valence-corrected chi connectivity index (χ4v) is 2.22. The predicted molar refractivity (Wildman–Crippen MR) is 86.2 cm³/mol. The zero-order valence-corrected chi connectivity index (χ0v) is 12.6. The standard InChI is InChI=1S/C17H20N2O2/c1-12-7-8-15(10-16(12)19(2)3)18-11-13-5-4-6-14(9-13)17(20)21/h4-10,18H,11H2,1-3H3,(H,20,21). The maximum atomic E-state index is 11.0. The molecule has 21 heavy (non-hydrogen) atoms. The van der Waals surface area contributed by atoms with Crippen molar-refractivity contribution in [3.05, 3.63) is 59.2 Å². The van der Waals surface area contributed by atoms with Gasteiger partial charge in [0.15, 0.2) is 0 Å². The molecule has 2 N–H and O–H groups in total. The molecule has 0 aliphatic rings. The van der Waals surface area contributed by atoms with Gasteiger partial charge in [-0.3, -0.25) is 0 Å². The van der Waals surface area contributed by atoms with Crippen molar-refractivity contribution < 1.29 is 9.90 Å². The molecule has 0 heterocycles. The van der Waals surface area contributed by atoms with Gasteiger partial charge in [0, 0.05) is 32.0 Å². The highest BCUT2D eigenvalue weighted by Gasteiger charge is 2.05. The lowest BCUT2D eigenvalue weighted by Gasteiger charge is -2.17. The van der Waals surface area contributed by atoms with Gasteiger partial charge in [0.1, 0.15) is 0 Å². The molecular weight excluding hydrogens is 264 g/mol. The predicted octanol–water partition coefficient (Wildman–Crippen LogP) is 3.37. The van der Waals surface area contributed by atoms with Crippen LogP contribution in [0.2, 0.25) is 0 Å². The topological polar surface area (TPSA) is 52.6 Å². The monoisotopic (exact) mass is 284 g/mol. The van der Waals surface area contributed by atoms with Gasteiger partial charge in [-0.25, -0.2) is 4.79 Å². The van der Waals surface area contributed by atoms with Gasteiger partial charge in [-0.15, -0.1) is 0 Å². The number of nitrogens with zero attached hydrogens (tertiary/aromatic N) is 1. The van der Waals surface area contributed by atoms with Gasteiger partial charge in [-0.1, -0.05) is 18.2 Å². The number of carboxylic acid groups (broad SMARTS) is 1. The van der Waals surface area contributed by atoms with Gasteiger partial charge >= 0.3 is 5.97 Å². The van der Waals surface area contributed by atoms with Gasteiger partial charge in [-0.2, -0.15) is 0 Å². The first-order chi connectivity index (χ1) is 9.97. The normalized spacial score (nSPS) is 10.2. The van der Waals surface area contributed by atoms with E-state index >= 15 is 0 Å². The van der Waals surface area contributed by atoms with Crippen LogP contribution in [-0.4, -0.2) is 25.2 Å². The second-order valence-electron chi connectivity index (χ2n) is 5.25. The number of aryl methyl sites for hydroxylation is 1. The minimum atomic E-state index is -0.901. The maximum absolute atomic E-state index is 11.0. The summed E-state index contributed by atoms with van der Waals surface area (Å²) in [5, 5.41) is 12.3. The van der Waals surface area contributed by atoms with E-state index in [0.29, 0.717) is 12.1 Å². The molecule has 0 spiro atoms. The van der Waals surface area contributed by atoms with E-state index < -0.39 is 5.97 Å². The Kier molecular flexibility index (Phi) is 4.48. The Morgan fingerprint density at radius 1 is 1.19 bits per heavy atom. The summed E-state index contributed by atoms with van der Waals surface area (Å²) in [6.45, 7) is 2.67. The van der Waals surface area contributed by atoms with Crippen molar-refractivity contribution in [1.29, 1.82) is 0 Å². The van der Waals surface area contributed by atoms with Crippen LogP contribution in [0.4, 0.5) is 11.4 Å². The summed E-state index contributed by atoms with van der Waals surface area (Å²) >= 11 is 0. The number of benzene rings is 2. The minimum absolute atomic E-state index is 0.312. The zero-order chi connectivity index (χ0) is 15.4. The number of anilines is 2. The Bertz CT molecular complexity index is 651. The van der Waals surface area contributed by atoms with Gasteiger partial charge in [0.05, 0.1) is 5.56 Å². The Balaban J connectivity index is 2.11. The highest BCUT2D eigenvalue weighted by molar-refractivity contribution is 5.87. The van der Waals surface area contributed by atoms with Gasteiger partial charge < -0.3 is 15.3 Å². The molecule has 0 amide bonds. The molecule has 0 aliphatic carbocycles. The van der Waals surface area contributed by atoms with Crippen LogP contribution in [-0.2, 0) is 6.54 Å². The Morgan fingerprint density at radius 3 is 2.62 bits per heavy atom. The van der Waals surface area contributed by atoms with Crippen molar-refractivity contribution in [2.24, 2.45) is 0 Å². The fourth-order valence-electron chi connectivity index (χ4n) is 2.22. The Hall–Kier alpha value is -2.49. The molecule has 2 aromatic carbocycles. The van der Waals surface area contributed by atoms with Crippen LogP contribution in [0.3, 0.4) is 0 Å². The molecule has 0 unspecified atom stereocenters. The van der Waals surface area contributed by atoms with Crippen molar-refractivity contribution in [1.82, 2.24) is 0 Å². The van der Waals surface area contributed by atoms with E-state index in [1.165, 1.54) is 11.3 Å². The third-order valence-electron chi connectivity index (χ3n) is 3.36. The SMILES string of the molecule is Cc1ccc(NCc2cccc(C(=O)O)c2)cc1N(C)C. The van der Waals surface area contributed by atoms with E-state index in [1.54, 1.807) is 18.2 Å². The van der Waals surface area contributed by atoms with Crippen molar-refractivity contribution in [2.75, 3.05) is 24.3 Å².